The van der Waals surface area contributed by atoms with E-state index in [2.05, 4.69) is 0 Å². The Morgan fingerprint density at radius 1 is 1.21 bits per heavy atom. The Hall–Kier alpha value is -3.68. The minimum Gasteiger partial charge on any atom is -0.489 e. The van der Waals surface area contributed by atoms with Crippen molar-refractivity contribution in [2.45, 2.75) is 32.0 Å². The number of fused-ring (bicyclic) bond motifs is 1. The fourth-order valence-electron chi connectivity index (χ4n) is 3.28. The fourth-order valence-corrected chi connectivity index (χ4v) is 3.28. The first-order valence-electron chi connectivity index (χ1n) is 9.01. The summed E-state index contributed by atoms with van der Waals surface area (Å²) in [6.45, 7) is 0.351. The summed E-state index contributed by atoms with van der Waals surface area (Å²) in [5, 5.41) is 8.89. The fraction of sp³-hybridized carbons (Fsp3) is 0.238. The number of aldehydes is 1. The average molecular weight is 396 g/mol. The topological polar surface area (TPSA) is 127 Å². The van der Waals surface area contributed by atoms with Crippen LogP contribution in [-0.2, 0) is 22.7 Å². The summed E-state index contributed by atoms with van der Waals surface area (Å²) in [6, 6.07) is 11.0. The molecule has 8 nitrogen and oxygen atoms in total. The Morgan fingerprint density at radius 2 is 1.93 bits per heavy atom. The van der Waals surface area contributed by atoms with Crippen LogP contribution in [0.3, 0.4) is 0 Å². The van der Waals surface area contributed by atoms with Gasteiger partial charge in [-0.1, -0.05) is 30.3 Å². The van der Waals surface area contributed by atoms with Crippen LogP contribution in [-0.4, -0.2) is 40.1 Å². The second-order valence-corrected chi connectivity index (χ2v) is 6.71. The number of carbonyl (C=O) groups is 4. The molecule has 150 valence electrons. The molecule has 0 saturated heterocycles. The number of carboxylic acid groups (broad SMARTS) is 1. The zero-order valence-corrected chi connectivity index (χ0v) is 15.5. The van der Waals surface area contributed by atoms with Crippen LogP contribution in [0.5, 0.6) is 5.75 Å². The molecule has 0 unspecified atom stereocenters. The van der Waals surface area contributed by atoms with Gasteiger partial charge in [-0.15, -0.1) is 0 Å². The van der Waals surface area contributed by atoms with E-state index in [9.17, 15) is 19.2 Å². The summed E-state index contributed by atoms with van der Waals surface area (Å²) in [4.78, 5) is 47.5. The third kappa shape index (κ3) is 4.43. The van der Waals surface area contributed by atoms with E-state index in [-0.39, 0.29) is 31.9 Å². The van der Waals surface area contributed by atoms with Crippen molar-refractivity contribution in [3.8, 4) is 5.75 Å². The smallest absolute Gasteiger partial charge is 0.303 e. The van der Waals surface area contributed by atoms with Crippen LogP contribution in [0.4, 0.5) is 0 Å². The molecule has 3 N–H and O–H groups in total. The first kappa shape index (κ1) is 20.1. The number of nitrogens with zero attached hydrogens (tertiary/aromatic N) is 1. The summed E-state index contributed by atoms with van der Waals surface area (Å²) < 4.78 is 5.87. The van der Waals surface area contributed by atoms with Crippen molar-refractivity contribution in [1.82, 2.24) is 4.90 Å². The molecule has 0 saturated carbocycles. The lowest BCUT2D eigenvalue weighted by atomic mass is 10.1. The highest BCUT2D eigenvalue weighted by Crippen LogP contribution is 2.33. The lowest BCUT2D eigenvalue weighted by molar-refractivity contribution is -0.137. The Morgan fingerprint density at radius 3 is 2.55 bits per heavy atom. The first-order chi connectivity index (χ1) is 13.9. The zero-order chi connectivity index (χ0) is 21.0. The number of aliphatic carboxylic acids is 1. The van der Waals surface area contributed by atoms with Crippen LogP contribution in [0.15, 0.2) is 42.5 Å². The van der Waals surface area contributed by atoms with Gasteiger partial charge in [-0.2, -0.15) is 0 Å². The predicted octanol–water partition coefficient (Wildman–Crippen LogP) is 1.75. The molecule has 2 amide bonds. The lowest BCUT2D eigenvalue weighted by Gasteiger charge is -2.24. The number of carbonyl (C=O) groups excluding carboxylic acids is 3. The van der Waals surface area contributed by atoms with Crippen LogP contribution < -0.4 is 10.5 Å². The largest absolute Gasteiger partial charge is 0.489 e. The quantitative estimate of drug-likeness (QED) is 0.622. The van der Waals surface area contributed by atoms with Crippen molar-refractivity contribution >= 4 is 24.1 Å². The van der Waals surface area contributed by atoms with Crippen LogP contribution >= 0.6 is 0 Å². The van der Waals surface area contributed by atoms with Crippen molar-refractivity contribution < 1.29 is 29.0 Å². The number of hydrogen-bond donors (Lipinski definition) is 2. The van der Waals surface area contributed by atoms with E-state index in [0.29, 0.717) is 22.4 Å². The molecule has 3 rings (SSSR count). The van der Waals surface area contributed by atoms with E-state index in [0.717, 1.165) is 11.8 Å². The minimum absolute atomic E-state index is 0.0519. The highest BCUT2D eigenvalue weighted by atomic mass is 16.5. The standard InChI is InChI=1S/C21H20N2O6/c22-20(27)17(8-9-19(25)26)23-10-16-15(21(23)28)2-1-3-18(16)29-12-14-6-4-13(11-24)5-7-14/h1-7,11,17H,8-10,12H2,(H2,22,27)(H,25,26)/t17-/m0/s1. The number of carboxylic acids is 1. The SMILES string of the molecule is NC(=O)[C@H](CCC(=O)O)N1Cc2c(OCc3ccc(C=O)cc3)cccc2C1=O. The summed E-state index contributed by atoms with van der Waals surface area (Å²) in [5.41, 5.74) is 7.86. The van der Waals surface area contributed by atoms with Crippen molar-refractivity contribution in [1.29, 1.82) is 0 Å². The lowest BCUT2D eigenvalue weighted by Crippen LogP contribution is -2.45. The first-order valence-corrected chi connectivity index (χ1v) is 9.01. The second kappa shape index (κ2) is 8.55. The third-order valence-electron chi connectivity index (χ3n) is 4.80. The predicted molar refractivity (Wildman–Crippen MR) is 102 cm³/mol. The molecule has 1 aliphatic heterocycles. The Kier molecular flexibility index (Phi) is 5.92. The molecular weight excluding hydrogens is 376 g/mol. The highest BCUT2D eigenvalue weighted by Gasteiger charge is 2.37. The number of amides is 2. The molecule has 2 aromatic carbocycles. The van der Waals surface area contributed by atoms with Gasteiger partial charge in [0.05, 0.1) is 6.54 Å². The summed E-state index contributed by atoms with van der Waals surface area (Å²) in [6.07, 6.45) is 0.436. The van der Waals surface area contributed by atoms with Crippen LogP contribution in [0, 0.1) is 0 Å². The molecule has 0 aliphatic carbocycles. The number of hydrogen-bond acceptors (Lipinski definition) is 5. The van der Waals surface area contributed by atoms with Crippen molar-refractivity contribution in [2.24, 2.45) is 5.73 Å². The Balaban J connectivity index is 1.77. The van der Waals surface area contributed by atoms with Gasteiger partial charge in [-0.25, -0.2) is 0 Å². The van der Waals surface area contributed by atoms with E-state index in [1.807, 2.05) is 0 Å². The van der Waals surface area contributed by atoms with Gasteiger partial charge in [0.25, 0.3) is 5.91 Å². The molecule has 0 fully saturated rings. The number of nitrogens with two attached hydrogens (primary N) is 1. The zero-order valence-electron chi connectivity index (χ0n) is 15.5. The van der Waals surface area contributed by atoms with Crippen LogP contribution in [0.1, 0.15) is 44.7 Å². The van der Waals surface area contributed by atoms with Gasteiger partial charge < -0.3 is 20.5 Å². The van der Waals surface area contributed by atoms with Gasteiger partial charge in [0, 0.05) is 23.1 Å². The molecule has 29 heavy (non-hydrogen) atoms. The maximum Gasteiger partial charge on any atom is 0.303 e. The van der Waals surface area contributed by atoms with Gasteiger partial charge in [-0.3, -0.25) is 19.2 Å². The average Bonchev–Trinajstić information content (AvgIpc) is 3.03. The number of rotatable bonds is 9. The van der Waals surface area contributed by atoms with E-state index in [4.69, 9.17) is 15.6 Å². The monoisotopic (exact) mass is 396 g/mol. The van der Waals surface area contributed by atoms with Crippen molar-refractivity contribution in [2.75, 3.05) is 0 Å². The van der Waals surface area contributed by atoms with Gasteiger partial charge in [-0.05, 0) is 24.1 Å². The van der Waals surface area contributed by atoms with Crippen molar-refractivity contribution in [3.05, 3.63) is 64.7 Å². The van der Waals surface area contributed by atoms with Gasteiger partial charge in [0.15, 0.2) is 0 Å². The maximum absolute atomic E-state index is 12.8. The number of primary amides is 1. The highest BCUT2D eigenvalue weighted by molar-refractivity contribution is 6.01. The van der Waals surface area contributed by atoms with E-state index in [1.54, 1.807) is 42.5 Å². The molecular formula is C21H20N2O6. The van der Waals surface area contributed by atoms with Gasteiger partial charge in [0.2, 0.25) is 5.91 Å². The molecule has 8 heteroatoms. The minimum atomic E-state index is -1.06. The molecule has 1 heterocycles. The maximum atomic E-state index is 12.8. The summed E-state index contributed by atoms with van der Waals surface area (Å²) in [5.74, 6) is -1.69. The van der Waals surface area contributed by atoms with E-state index < -0.39 is 17.9 Å². The normalized spacial score (nSPS) is 13.7. The van der Waals surface area contributed by atoms with Gasteiger partial charge in [0.1, 0.15) is 24.7 Å². The molecule has 1 atom stereocenters. The summed E-state index contributed by atoms with van der Waals surface area (Å²) in [7, 11) is 0. The number of benzene rings is 2. The molecule has 2 aromatic rings. The molecule has 0 bridgehead atoms. The molecule has 0 spiro atoms. The van der Waals surface area contributed by atoms with Crippen molar-refractivity contribution in [3.63, 3.8) is 0 Å². The molecule has 0 radical (unpaired) electrons. The summed E-state index contributed by atoms with van der Waals surface area (Å²) >= 11 is 0. The van der Waals surface area contributed by atoms with Crippen LogP contribution in [0.25, 0.3) is 0 Å². The molecule has 0 aromatic heterocycles. The van der Waals surface area contributed by atoms with Crippen LogP contribution in [0.2, 0.25) is 0 Å². The van der Waals surface area contributed by atoms with E-state index in [1.165, 1.54) is 4.90 Å². The van der Waals surface area contributed by atoms with E-state index >= 15 is 0 Å². The third-order valence-corrected chi connectivity index (χ3v) is 4.80. The van der Waals surface area contributed by atoms with Gasteiger partial charge >= 0.3 is 5.97 Å². The number of ether oxygens (including phenoxy) is 1. The molecule has 1 aliphatic rings. The Bertz CT molecular complexity index is 954. The second-order valence-electron chi connectivity index (χ2n) is 6.71. The Labute approximate surface area is 166 Å².